The van der Waals surface area contributed by atoms with E-state index in [1.165, 1.54) is 44.8 Å². The zero-order chi connectivity index (χ0) is 24.6. The van der Waals surface area contributed by atoms with Gasteiger partial charge < -0.3 is 16.0 Å². The summed E-state index contributed by atoms with van der Waals surface area (Å²) in [5.74, 6) is -0.413. The number of carbonyl (C=O) groups excluding carboxylic acids is 2. The van der Waals surface area contributed by atoms with Gasteiger partial charge in [-0.25, -0.2) is 8.42 Å². The second-order valence-electron chi connectivity index (χ2n) is 9.63. The summed E-state index contributed by atoms with van der Waals surface area (Å²) in [6, 6.07) is 6.43. The normalized spacial score (nSPS) is 19.7. The first kappa shape index (κ1) is 24.8. The number of nitrogens with two attached hydrogens (primary N) is 1. The summed E-state index contributed by atoms with van der Waals surface area (Å²) < 4.78 is 27.4. The van der Waals surface area contributed by atoms with Crippen LogP contribution in [0.5, 0.6) is 0 Å². The van der Waals surface area contributed by atoms with Crippen molar-refractivity contribution in [3.63, 3.8) is 0 Å². The molecule has 2 aliphatic rings. The minimum Gasteiger partial charge on any atom is -0.365 e. The molecule has 1 saturated heterocycles. The maximum absolute atomic E-state index is 13.0. The van der Waals surface area contributed by atoms with Crippen molar-refractivity contribution in [2.24, 2.45) is 11.7 Å². The van der Waals surface area contributed by atoms with Crippen LogP contribution in [0, 0.1) is 5.92 Å². The molecule has 1 aromatic carbocycles. The molecule has 0 aliphatic carbocycles. The van der Waals surface area contributed by atoms with Gasteiger partial charge in [0.05, 0.1) is 27.9 Å². The van der Waals surface area contributed by atoms with Gasteiger partial charge in [-0.1, -0.05) is 6.92 Å². The minimum absolute atomic E-state index is 0.180. The zero-order valence-corrected chi connectivity index (χ0v) is 21.5. The highest BCUT2D eigenvalue weighted by atomic mass is 32.2. The maximum Gasteiger partial charge on any atom is 0.256 e. The van der Waals surface area contributed by atoms with Crippen LogP contribution in [0.15, 0.2) is 29.2 Å². The summed E-state index contributed by atoms with van der Waals surface area (Å²) >= 11 is 1.40. The van der Waals surface area contributed by atoms with Gasteiger partial charge in [-0.2, -0.15) is 4.31 Å². The lowest BCUT2D eigenvalue weighted by Gasteiger charge is -2.29. The Balaban J connectivity index is 1.52. The molecule has 1 unspecified atom stereocenters. The van der Waals surface area contributed by atoms with Crippen molar-refractivity contribution in [3.8, 4) is 0 Å². The maximum atomic E-state index is 13.0. The van der Waals surface area contributed by atoms with Crippen LogP contribution in [0.3, 0.4) is 0 Å². The second kappa shape index (κ2) is 9.77. The Labute approximate surface area is 205 Å². The van der Waals surface area contributed by atoms with E-state index in [0.717, 1.165) is 42.8 Å². The first-order chi connectivity index (χ1) is 16.1. The van der Waals surface area contributed by atoms with Crippen molar-refractivity contribution in [1.82, 2.24) is 4.31 Å². The van der Waals surface area contributed by atoms with Crippen LogP contribution < -0.4 is 16.0 Å². The number of anilines is 1. The van der Waals surface area contributed by atoms with E-state index in [9.17, 15) is 18.0 Å². The van der Waals surface area contributed by atoms with Gasteiger partial charge in [-0.3, -0.25) is 9.59 Å². The predicted octanol–water partition coefficient (Wildman–Crippen LogP) is 1.87. The molecule has 184 valence electrons. The third-order valence-corrected chi connectivity index (χ3v) is 10.0. The molecule has 1 atom stereocenters. The second-order valence-corrected chi connectivity index (χ2v) is 12.7. The monoisotopic (exact) mass is 505 g/mol. The Morgan fingerprint density at radius 1 is 1.18 bits per heavy atom. The highest BCUT2D eigenvalue weighted by Crippen LogP contribution is 2.35. The summed E-state index contributed by atoms with van der Waals surface area (Å²) in [5.41, 5.74) is 7.34. The third kappa shape index (κ3) is 4.91. The quantitative estimate of drug-likeness (QED) is 0.556. The number of carbonyl (C=O) groups is 2. The van der Waals surface area contributed by atoms with Gasteiger partial charge in [-0.05, 0) is 62.4 Å². The molecule has 2 aliphatic heterocycles. The minimum atomic E-state index is -3.58. The molecule has 0 bridgehead atoms. The van der Waals surface area contributed by atoms with E-state index in [2.05, 4.69) is 26.1 Å². The number of sulfonamides is 1. The third-order valence-electron chi connectivity index (χ3n) is 6.96. The van der Waals surface area contributed by atoms with Gasteiger partial charge in [0.25, 0.3) is 11.8 Å². The molecule has 3 heterocycles. The fourth-order valence-electron chi connectivity index (χ4n) is 4.67. The Morgan fingerprint density at radius 2 is 1.82 bits per heavy atom. The molecule has 8 nitrogen and oxygen atoms in total. The summed E-state index contributed by atoms with van der Waals surface area (Å²) in [5, 5.41) is 3.31. The van der Waals surface area contributed by atoms with Crippen molar-refractivity contribution in [2.75, 3.05) is 25.0 Å². The molecule has 2 amide bonds. The van der Waals surface area contributed by atoms with Crippen molar-refractivity contribution in [2.45, 2.75) is 57.5 Å². The van der Waals surface area contributed by atoms with Gasteiger partial charge in [0, 0.05) is 25.1 Å². The van der Waals surface area contributed by atoms with Crippen LogP contribution in [-0.2, 0) is 23.0 Å². The number of hydrogen-bond donors (Lipinski definition) is 3. The van der Waals surface area contributed by atoms with Crippen molar-refractivity contribution < 1.29 is 22.9 Å². The smallest absolute Gasteiger partial charge is 0.256 e. The van der Waals surface area contributed by atoms with Crippen LogP contribution in [0.4, 0.5) is 5.00 Å². The lowest BCUT2D eigenvalue weighted by Crippen LogP contribution is -3.14. The summed E-state index contributed by atoms with van der Waals surface area (Å²) in [7, 11) is -3.58. The van der Waals surface area contributed by atoms with Gasteiger partial charge in [0.15, 0.2) is 0 Å². The standard InChI is InChI=1S/C24H32N4O4S2/c1-15(2)27-11-10-19-20(14-27)33-24(21(19)22(25)29)26-23(30)17-4-6-18(7-5-17)34(31,32)28-12-8-16(3)9-13-28/h4-7,15-16H,8-14H2,1-3H3,(H2,25,29)(H,26,30)/p+1. The van der Waals surface area contributed by atoms with Crippen LogP contribution in [0.1, 0.15) is 64.8 Å². The molecule has 1 aromatic heterocycles. The lowest BCUT2D eigenvalue weighted by atomic mass is 10.0. The van der Waals surface area contributed by atoms with Gasteiger partial charge in [0.1, 0.15) is 11.5 Å². The predicted molar refractivity (Wildman–Crippen MR) is 133 cm³/mol. The van der Waals surface area contributed by atoms with Crippen LogP contribution in [-0.4, -0.2) is 50.2 Å². The van der Waals surface area contributed by atoms with Crippen LogP contribution >= 0.6 is 11.3 Å². The highest BCUT2D eigenvalue weighted by molar-refractivity contribution is 7.89. The molecule has 0 saturated carbocycles. The van der Waals surface area contributed by atoms with E-state index in [1.807, 2.05) is 0 Å². The van der Waals surface area contributed by atoms with Gasteiger partial charge in [0.2, 0.25) is 10.0 Å². The number of fused-ring (bicyclic) bond motifs is 1. The summed E-state index contributed by atoms with van der Waals surface area (Å²) in [4.78, 5) is 27.9. The molecule has 1 fully saturated rings. The van der Waals surface area contributed by atoms with E-state index in [0.29, 0.717) is 41.2 Å². The first-order valence-corrected chi connectivity index (χ1v) is 14.0. The van der Waals surface area contributed by atoms with Crippen LogP contribution in [0.2, 0.25) is 0 Å². The Kier molecular flexibility index (Phi) is 7.14. The number of amides is 2. The van der Waals surface area contributed by atoms with Crippen molar-refractivity contribution >= 4 is 38.2 Å². The number of rotatable bonds is 6. The summed E-state index contributed by atoms with van der Waals surface area (Å²) in [6.07, 6.45) is 2.45. The number of thiophene rings is 1. The average Bonchev–Trinajstić information content (AvgIpc) is 3.16. The Morgan fingerprint density at radius 3 is 2.41 bits per heavy atom. The average molecular weight is 506 g/mol. The molecule has 0 spiro atoms. The largest absolute Gasteiger partial charge is 0.365 e. The number of benzene rings is 1. The molecule has 4 N–H and O–H groups in total. The number of quaternary nitrogens is 1. The van der Waals surface area contributed by atoms with E-state index >= 15 is 0 Å². The molecule has 4 rings (SSSR count). The Bertz CT molecular complexity index is 1180. The lowest BCUT2D eigenvalue weighted by molar-refractivity contribution is -0.936. The summed E-state index contributed by atoms with van der Waals surface area (Å²) in [6.45, 7) is 9.22. The number of nitrogens with zero attached hydrogens (tertiary/aromatic N) is 1. The topological polar surface area (TPSA) is 114 Å². The van der Waals surface area contributed by atoms with Gasteiger partial charge >= 0.3 is 0 Å². The fraction of sp³-hybridized carbons (Fsp3) is 0.500. The van der Waals surface area contributed by atoms with E-state index in [1.54, 1.807) is 0 Å². The van der Waals surface area contributed by atoms with Crippen molar-refractivity contribution in [1.29, 1.82) is 0 Å². The number of nitrogens with one attached hydrogen (secondary N) is 2. The Hall–Kier alpha value is -2.27. The van der Waals surface area contributed by atoms with E-state index < -0.39 is 21.8 Å². The highest BCUT2D eigenvalue weighted by Gasteiger charge is 2.31. The first-order valence-electron chi connectivity index (χ1n) is 11.8. The van der Waals surface area contributed by atoms with Gasteiger partial charge in [-0.15, -0.1) is 11.3 Å². The molecule has 34 heavy (non-hydrogen) atoms. The SMILES string of the molecule is CC1CCN(S(=O)(=O)c2ccc(C(=O)Nc3sc4c(c3C(N)=O)CC[NH+](C(C)C)C4)cc2)CC1. The zero-order valence-electron chi connectivity index (χ0n) is 19.9. The fourth-order valence-corrected chi connectivity index (χ4v) is 7.44. The van der Waals surface area contributed by atoms with E-state index in [-0.39, 0.29) is 4.90 Å². The molecular weight excluding hydrogens is 472 g/mol. The molecule has 10 heteroatoms. The number of hydrogen-bond acceptors (Lipinski definition) is 5. The van der Waals surface area contributed by atoms with Crippen LogP contribution in [0.25, 0.3) is 0 Å². The van der Waals surface area contributed by atoms with E-state index in [4.69, 9.17) is 5.73 Å². The molecular formula is C24H33N4O4S2+. The molecule has 0 radical (unpaired) electrons. The number of primary amides is 1. The molecule has 2 aromatic rings. The van der Waals surface area contributed by atoms with Crippen molar-refractivity contribution in [3.05, 3.63) is 45.8 Å². The number of piperidine rings is 1.